The van der Waals surface area contributed by atoms with Crippen molar-refractivity contribution in [3.63, 3.8) is 0 Å². The number of rotatable bonds is 3. The van der Waals surface area contributed by atoms with Crippen molar-refractivity contribution in [3.05, 3.63) is 29.8 Å². The van der Waals surface area contributed by atoms with Gasteiger partial charge in [0.15, 0.2) is 11.6 Å². The van der Waals surface area contributed by atoms with E-state index in [9.17, 15) is 13.6 Å². The summed E-state index contributed by atoms with van der Waals surface area (Å²) in [5.41, 5.74) is 0. The molecule has 18 heavy (non-hydrogen) atoms. The number of ether oxygens (including phenoxy) is 1. The Bertz CT molecular complexity index is 448. The third-order valence-electron chi connectivity index (χ3n) is 3.19. The minimum Gasteiger partial charge on any atom is -0.486 e. The first-order chi connectivity index (χ1) is 8.58. The van der Waals surface area contributed by atoms with Crippen molar-refractivity contribution in [2.75, 3.05) is 0 Å². The number of hydrogen-bond donors (Lipinski definition) is 1. The summed E-state index contributed by atoms with van der Waals surface area (Å²) in [7, 11) is 0. The molecule has 1 aromatic carbocycles. The Hall–Kier alpha value is -1.65. The van der Waals surface area contributed by atoms with Gasteiger partial charge in [-0.15, -0.1) is 0 Å². The number of carboxylic acid groups (broad SMARTS) is 1. The molecule has 0 aliphatic heterocycles. The van der Waals surface area contributed by atoms with Gasteiger partial charge in [-0.2, -0.15) is 0 Å². The lowest BCUT2D eigenvalue weighted by atomic mass is 9.86. The Morgan fingerprint density at radius 3 is 2.67 bits per heavy atom. The molecule has 0 bridgehead atoms. The lowest BCUT2D eigenvalue weighted by molar-refractivity contribution is -0.146. The maximum atomic E-state index is 13.4. The zero-order chi connectivity index (χ0) is 13.1. The van der Waals surface area contributed by atoms with Crippen LogP contribution in [-0.4, -0.2) is 17.2 Å². The monoisotopic (exact) mass is 256 g/mol. The van der Waals surface area contributed by atoms with Crippen molar-refractivity contribution in [2.45, 2.75) is 31.8 Å². The highest BCUT2D eigenvalue weighted by Crippen LogP contribution is 2.30. The van der Waals surface area contributed by atoms with E-state index in [4.69, 9.17) is 9.84 Å². The summed E-state index contributed by atoms with van der Waals surface area (Å²) < 4.78 is 31.6. The summed E-state index contributed by atoms with van der Waals surface area (Å²) in [6, 6.07) is 3.02. The fourth-order valence-corrected chi connectivity index (χ4v) is 2.25. The summed E-state index contributed by atoms with van der Waals surface area (Å²) in [5.74, 6) is -3.12. The van der Waals surface area contributed by atoms with Crippen LogP contribution in [0.4, 0.5) is 8.78 Å². The fraction of sp³-hybridized carbons (Fsp3) is 0.462. The molecule has 2 unspecified atom stereocenters. The molecule has 0 spiro atoms. The Balaban J connectivity index is 2.13. The van der Waals surface area contributed by atoms with Crippen molar-refractivity contribution in [2.24, 2.45) is 5.92 Å². The zero-order valence-electron chi connectivity index (χ0n) is 9.73. The lowest BCUT2D eigenvalue weighted by Crippen LogP contribution is -2.35. The van der Waals surface area contributed by atoms with Crippen LogP contribution >= 0.6 is 0 Å². The minimum absolute atomic E-state index is 0.0884. The Morgan fingerprint density at radius 2 is 2.00 bits per heavy atom. The van der Waals surface area contributed by atoms with Gasteiger partial charge >= 0.3 is 5.97 Å². The summed E-state index contributed by atoms with van der Waals surface area (Å²) in [6.45, 7) is 0. The van der Waals surface area contributed by atoms with Crippen LogP contribution in [0.3, 0.4) is 0 Å². The molecule has 0 amide bonds. The van der Waals surface area contributed by atoms with Crippen LogP contribution in [0.5, 0.6) is 5.75 Å². The van der Waals surface area contributed by atoms with Crippen LogP contribution in [0.1, 0.15) is 25.7 Å². The van der Waals surface area contributed by atoms with Crippen molar-refractivity contribution in [1.29, 1.82) is 0 Å². The molecule has 1 aliphatic carbocycles. The standard InChI is InChI=1S/C13H14F2O3/c14-8-5-6-12(10(15)7-8)18-11-4-2-1-3-9(11)13(16)17/h5-7,9,11H,1-4H2,(H,16,17). The molecule has 1 saturated carbocycles. The molecule has 0 heterocycles. The fourth-order valence-electron chi connectivity index (χ4n) is 2.25. The highest BCUT2D eigenvalue weighted by Gasteiger charge is 2.32. The summed E-state index contributed by atoms with van der Waals surface area (Å²) >= 11 is 0. The van der Waals surface area contributed by atoms with E-state index in [2.05, 4.69) is 0 Å². The lowest BCUT2D eigenvalue weighted by Gasteiger charge is -2.29. The highest BCUT2D eigenvalue weighted by atomic mass is 19.1. The topological polar surface area (TPSA) is 46.5 Å². The van der Waals surface area contributed by atoms with Gasteiger partial charge in [0.2, 0.25) is 0 Å². The van der Waals surface area contributed by atoms with Crippen LogP contribution < -0.4 is 4.74 Å². The Morgan fingerprint density at radius 1 is 1.28 bits per heavy atom. The quantitative estimate of drug-likeness (QED) is 0.904. The molecule has 1 fully saturated rings. The average molecular weight is 256 g/mol. The molecule has 0 radical (unpaired) electrons. The first kappa shape index (κ1) is 12.8. The van der Waals surface area contributed by atoms with Gasteiger partial charge in [-0.1, -0.05) is 6.42 Å². The molecule has 3 nitrogen and oxygen atoms in total. The van der Waals surface area contributed by atoms with Crippen LogP contribution in [0.2, 0.25) is 0 Å². The largest absolute Gasteiger partial charge is 0.486 e. The molecule has 0 aromatic heterocycles. The minimum atomic E-state index is -0.929. The second kappa shape index (κ2) is 5.33. The molecule has 0 saturated heterocycles. The van der Waals surface area contributed by atoms with Crippen LogP contribution in [0, 0.1) is 17.6 Å². The number of aliphatic carboxylic acids is 1. The molecule has 2 atom stereocenters. The van der Waals surface area contributed by atoms with E-state index in [0.717, 1.165) is 25.0 Å². The third kappa shape index (κ3) is 2.78. The normalized spacial score (nSPS) is 23.7. The van der Waals surface area contributed by atoms with Crippen molar-refractivity contribution >= 4 is 5.97 Å². The Labute approximate surface area is 103 Å². The molecular weight excluding hydrogens is 242 g/mol. The van der Waals surface area contributed by atoms with Crippen LogP contribution in [-0.2, 0) is 4.79 Å². The van der Waals surface area contributed by atoms with E-state index >= 15 is 0 Å². The zero-order valence-corrected chi connectivity index (χ0v) is 9.73. The van der Waals surface area contributed by atoms with Gasteiger partial charge < -0.3 is 9.84 Å². The van der Waals surface area contributed by atoms with E-state index in [1.165, 1.54) is 6.07 Å². The van der Waals surface area contributed by atoms with E-state index in [1.54, 1.807) is 0 Å². The van der Waals surface area contributed by atoms with Gasteiger partial charge in [-0.3, -0.25) is 4.79 Å². The smallest absolute Gasteiger partial charge is 0.310 e. The van der Waals surface area contributed by atoms with E-state index in [1.807, 2.05) is 0 Å². The van der Waals surface area contributed by atoms with Gasteiger partial charge in [0.25, 0.3) is 0 Å². The second-order valence-electron chi connectivity index (χ2n) is 4.46. The number of hydrogen-bond acceptors (Lipinski definition) is 2. The molecule has 5 heteroatoms. The van der Waals surface area contributed by atoms with Crippen molar-refractivity contribution in [1.82, 2.24) is 0 Å². The first-order valence-corrected chi connectivity index (χ1v) is 5.92. The third-order valence-corrected chi connectivity index (χ3v) is 3.19. The maximum absolute atomic E-state index is 13.4. The summed E-state index contributed by atoms with van der Waals surface area (Å²) in [5, 5.41) is 9.07. The van der Waals surface area contributed by atoms with Crippen molar-refractivity contribution < 1.29 is 23.4 Å². The van der Waals surface area contributed by atoms with Gasteiger partial charge in [0, 0.05) is 6.07 Å². The first-order valence-electron chi connectivity index (χ1n) is 5.92. The Kier molecular flexibility index (Phi) is 3.79. The van der Waals surface area contributed by atoms with E-state index in [0.29, 0.717) is 12.8 Å². The molecule has 98 valence electrons. The number of carboxylic acids is 1. The SMILES string of the molecule is O=C(O)C1CCCCC1Oc1ccc(F)cc1F. The van der Waals surface area contributed by atoms with Gasteiger partial charge in [0.1, 0.15) is 11.9 Å². The predicted molar refractivity (Wildman–Crippen MR) is 60.4 cm³/mol. The van der Waals surface area contributed by atoms with E-state index in [-0.39, 0.29) is 5.75 Å². The van der Waals surface area contributed by atoms with Crippen molar-refractivity contribution in [3.8, 4) is 5.75 Å². The molecule has 2 rings (SSSR count). The number of halogens is 2. The summed E-state index contributed by atoms with van der Waals surface area (Å²) in [6.07, 6.45) is 2.26. The van der Waals surface area contributed by atoms with E-state index < -0.39 is 29.6 Å². The number of carbonyl (C=O) groups is 1. The number of benzene rings is 1. The maximum Gasteiger partial charge on any atom is 0.310 e. The van der Waals surface area contributed by atoms with Gasteiger partial charge in [-0.05, 0) is 31.4 Å². The molecule has 1 N–H and O–H groups in total. The predicted octanol–water partition coefficient (Wildman–Crippen LogP) is 2.99. The molecular formula is C13H14F2O3. The second-order valence-corrected chi connectivity index (χ2v) is 4.46. The molecule has 1 aliphatic rings. The van der Waals surface area contributed by atoms with Crippen LogP contribution in [0.15, 0.2) is 18.2 Å². The summed E-state index contributed by atoms with van der Waals surface area (Å²) in [4.78, 5) is 11.1. The van der Waals surface area contributed by atoms with Gasteiger partial charge in [0.05, 0.1) is 5.92 Å². The highest BCUT2D eigenvalue weighted by molar-refractivity contribution is 5.70. The van der Waals surface area contributed by atoms with Crippen LogP contribution in [0.25, 0.3) is 0 Å². The average Bonchev–Trinajstić information content (AvgIpc) is 2.33. The molecule has 1 aromatic rings. The van der Waals surface area contributed by atoms with Gasteiger partial charge in [-0.25, -0.2) is 8.78 Å².